The maximum atomic E-state index is 12.3. The second kappa shape index (κ2) is 6.14. The topological polar surface area (TPSA) is 57.0 Å². The van der Waals surface area contributed by atoms with Crippen LogP contribution >= 0.6 is 0 Å². The number of aromatic nitrogens is 3. The fourth-order valence-electron chi connectivity index (χ4n) is 4.12. The van der Waals surface area contributed by atoms with Crippen molar-refractivity contribution in [1.29, 1.82) is 0 Å². The molecule has 2 atom stereocenters. The van der Waals surface area contributed by atoms with Gasteiger partial charge in [-0.2, -0.15) is 5.10 Å². The summed E-state index contributed by atoms with van der Waals surface area (Å²) in [7, 11) is 0. The molecule has 0 aliphatic heterocycles. The summed E-state index contributed by atoms with van der Waals surface area (Å²) in [5.41, 5.74) is 3.31. The predicted molar refractivity (Wildman–Crippen MR) is 93.9 cm³/mol. The van der Waals surface area contributed by atoms with Crippen LogP contribution in [0.15, 0.2) is 48.6 Å². The average Bonchev–Trinajstić information content (AvgIpc) is 3.13. The van der Waals surface area contributed by atoms with Gasteiger partial charge in [-0.1, -0.05) is 32.1 Å². The number of hydrogen-bond acceptors (Lipinski definition) is 4. The Balaban J connectivity index is 1.34. The average molecular weight is 337 g/mol. The summed E-state index contributed by atoms with van der Waals surface area (Å²) >= 11 is 0. The van der Waals surface area contributed by atoms with Crippen molar-refractivity contribution in [2.75, 3.05) is 6.61 Å². The van der Waals surface area contributed by atoms with Crippen molar-refractivity contribution >= 4 is 5.97 Å². The van der Waals surface area contributed by atoms with Crippen molar-refractivity contribution in [3.8, 4) is 0 Å². The molecule has 5 heteroatoms. The number of carbonyl (C=O) groups is 1. The Labute approximate surface area is 147 Å². The number of fused-ring (bicyclic) bond motifs is 1. The molecule has 1 saturated carbocycles. The molecular weight excluding hydrogens is 314 g/mol. The zero-order valence-corrected chi connectivity index (χ0v) is 14.7. The van der Waals surface area contributed by atoms with E-state index >= 15 is 0 Å². The number of ether oxygens (including phenoxy) is 1. The van der Waals surface area contributed by atoms with Gasteiger partial charge < -0.3 is 4.74 Å². The maximum Gasteiger partial charge on any atom is 0.338 e. The molecular formula is C20H23N3O2. The Kier molecular flexibility index (Phi) is 3.94. The van der Waals surface area contributed by atoms with Crippen LogP contribution in [0.25, 0.3) is 0 Å². The number of rotatable bonds is 5. The van der Waals surface area contributed by atoms with Crippen LogP contribution in [0, 0.1) is 17.3 Å². The fraction of sp³-hybridized carbons (Fsp3) is 0.450. The lowest BCUT2D eigenvalue weighted by Crippen LogP contribution is -2.48. The van der Waals surface area contributed by atoms with Crippen LogP contribution in [0.5, 0.6) is 0 Å². The highest BCUT2D eigenvalue weighted by Gasteiger charge is 2.51. The number of nitrogens with zero attached hydrogens (tertiary/aromatic N) is 3. The third-order valence-electron chi connectivity index (χ3n) is 5.95. The van der Waals surface area contributed by atoms with Crippen molar-refractivity contribution < 1.29 is 9.53 Å². The first-order valence-electron chi connectivity index (χ1n) is 8.81. The molecule has 0 saturated heterocycles. The van der Waals surface area contributed by atoms with Gasteiger partial charge in [0.2, 0.25) is 0 Å². The summed E-state index contributed by atoms with van der Waals surface area (Å²) in [5.74, 6) is 1.12. The quantitative estimate of drug-likeness (QED) is 0.619. The summed E-state index contributed by atoms with van der Waals surface area (Å²) in [4.78, 5) is 16.2. The number of carbonyl (C=O) groups excluding carboxylic acids is 1. The Morgan fingerprint density at radius 3 is 2.76 bits per heavy atom. The molecule has 3 aliphatic carbocycles. The van der Waals surface area contributed by atoms with E-state index in [0.717, 1.165) is 17.9 Å². The summed E-state index contributed by atoms with van der Waals surface area (Å²) in [5, 5.41) is 4.08. The minimum absolute atomic E-state index is 0.257. The highest BCUT2D eigenvalue weighted by Crippen LogP contribution is 2.59. The monoisotopic (exact) mass is 337 g/mol. The van der Waals surface area contributed by atoms with Crippen LogP contribution in [-0.2, 0) is 11.3 Å². The maximum absolute atomic E-state index is 12.3. The van der Waals surface area contributed by atoms with E-state index in [4.69, 9.17) is 4.74 Å². The minimum atomic E-state index is -0.257. The number of benzene rings is 1. The van der Waals surface area contributed by atoms with Crippen LogP contribution in [0.1, 0.15) is 42.6 Å². The van der Waals surface area contributed by atoms with E-state index in [1.165, 1.54) is 18.3 Å². The third kappa shape index (κ3) is 2.99. The van der Waals surface area contributed by atoms with Crippen LogP contribution in [-0.4, -0.2) is 27.3 Å². The first kappa shape index (κ1) is 16.1. The van der Waals surface area contributed by atoms with E-state index < -0.39 is 0 Å². The first-order chi connectivity index (χ1) is 12.0. The lowest BCUT2D eigenvalue weighted by molar-refractivity contribution is -0.0155. The number of allylic oxidation sites excluding steroid dienone is 1. The van der Waals surface area contributed by atoms with E-state index in [-0.39, 0.29) is 5.97 Å². The van der Waals surface area contributed by atoms with E-state index in [1.807, 2.05) is 24.3 Å². The molecule has 1 aromatic heterocycles. The van der Waals surface area contributed by atoms with Crippen molar-refractivity contribution in [3.05, 3.63) is 59.7 Å². The predicted octanol–water partition coefficient (Wildman–Crippen LogP) is 3.48. The van der Waals surface area contributed by atoms with E-state index in [1.54, 1.807) is 11.0 Å². The molecule has 5 nitrogen and oxygen atoms in total. The summed E-state index contributed by atoms with van der Waals surface area (Å²) in [6, 6.07) is 7.48. The normalized spacial score (nSPS) is 23.5. The molecule has 1 heterocycles. The Morgan fingerprint density at radius 2 is 2.12 bits per heavy atom. The van der Waals surface area contributed by atoms with Crippen molar-refractivity contribution in [3.63, 3.8) is 0 Å². The fourth-order valence-corrected chi connectivity index (χ4v) is 4.12. The molecule has 130 valence electrons. The molecule has 1 aromatic carbocycles. The number of hydrogen-bond donors (Lipinski definition) is 0. The van der Waals surface area contributed by atoms with E-state index in [0.29, 0.717) is 30.0 Å². The zero-order valence-electron chi connectivity index (χ0n) is 14.7. The molecule has 25 heavy (non-hydrogen) atoms. The lowest BCUT2D eigenvalue weighted by Gasteiger charge is -2.56. The highest BCUT2D eigenvalue weighted by molar-refractivity contribution is 5.89. The molecule has 0 spiro atoms. The van der Waals surface area contributed by atoms with Crippen molar-refractivity contribution in [1.82, 2.24) is 14.8 Å². The van der Waals surface area contributed by atoms with Crippen LogP contribution in [0.2, 0.25) is 0 Å². The van der Waals surface area contributed by atoms with Gasteiger partial charge in [0.05, 0.1) is 12.1 Å². The second-order valence-electron chi connectivity index (χ2n) is 7.69. The van der Waals surface area contributed by atoms with E-state index in [2.05, 4.69) is 30.0 Å². The lowest BCUT2D eigenvalue weighted by atomic mass is 9.49. The smallest absolute Gasteiger partial charge is 0.338 e. The summed E-state index contributed by atoms with van der Waals surface area (Å²) in [6.07, 6.45) is 7.82. The van der Waals surface area contributed by atoms with Gasteiger partial charge >= 0.3 is 5.97 Å². The number of esters is 1. The van der Waals surface area contributed by atoms with Crippen LogP contribution in [0.4, 0.5) is 0 Å². The van der Waals surface area contributed by atoms with Gasteiger partial charge in [-0.05, 0) is 53.4 Å². The molecule has 2 aromatic rings. The van der Waals surface area contributed by atoms with Gasteiger partial charge in [0.15, 0.2) is 0 Å². The highest BCUT2D eigenvalue weighted by atomic mass is 16.5. The van der Waals surface area contributed by atoms with E-state index in [9.17, 15) is 4.79 Å². The Bertz CT molecular complexity index is 791. The molecule has 2 bridgehead atoms. The first-order valence-corrected chi connectivity index (χ1v) is 8.81. The van der Waals surface area contributed by atoms with Gasteiger partial charge in [-0.25, -0.2) is 14.5 Å². The molecule has 5 rings (SSSR count). The van der Waals surface area contributed by atoms with Crippen molar-refractivity contribution in [2.24, 2.45) is 17.3 Å². The standard InChI is InChI=1S/C20H23N3O2/c1-20(2)17-8-7-16(18(20)9-17)11-25-19(24)15-5-3-14(4-6-15)10-23-13-21-12-22-23/h3-7,12-13,17-18H,8-11H2,1-2H3/t17-,18-/m0/s1. The van der Waals surface area contributed by atoms with Gasteiger partial charge in [-0.3, -0.25) is 0 Å². The van der Waals surface area contributed by atoms with Crippen molar-refractivity contribution in [2.45, 2.75) is 33.2 Å². The third-order valence-corrected chi connectivity index (χ3v) is 5.95. The molecule has 1 fully saturated rings. The Hall–Kier alpha value is -2.43. The van der Waals surface area contributed by atoms with Gasteiger partial charge in [0.1, 0.15) is 19.3 Å². The van der Waals surface area contributed by atoms with Gasteiger partial charge in [0, 0.05) is 0 Å². The summed E-state index contributed by atoms with van der Waals surface area (Å²) in [6.45, 7) is 5.71. The largest absolute Gasteiger partial charge is 0.458 e. The minimum Gasteiger partial charge on any atom is -0.458 e. The second-order valence-corrected chi connectivity index (χ2v) is 7.69. The molecule has 0 radical (unpaired) electrons. The van der Waals surface area contributed by atoms with Gasteiger partial charge in [0.25, 0.3) is 0 Å². The molecule has 0 unspecified atom stereocenters. The van der Waals surface area contributed by atoms with Crippen LogP contribution in [0.3, 0.4) is 0 Å². The summed E-state index contributed by atoms with van der Waals surface area (Å²) < 4.78 is 7.31. The molecule has 3 aliphatic rings. The molecule has 0 N–H and O–H groups in total. The SMILES string of the molecule is CC1(C)[C@H]2CC=C(COC(=O)c3ccc(Cn4cncn4)cc3)[C@@H]1C2. The van der Waals surface area contributed by atoms with Gasteiger partial charge in [-0.15, -0.1) is 0 Å². The zero-order chi connectivity index (χ0) is 17.4. The molecule has 0 amide bonds. The van der Waals surface area contributed by atoms with Crippen LogP contribution < -0.4 is 0 Å². The Morgan fingerprint density at radius 1 is 1.32 bits per heavy atom.